The molecule has 1 aromatic heterocycles. The minimum absolute atomic E-state index is 0.239. The zero-order chi connectivity index (χ0) is 17.9. The normalized spacial score (nSPS) is 17.4. The molecule has 0 spiro atoms. The maximum absolute atomic E-state index is 12.2. The number of amides is 2. The van der Waals surface area contributed by atoms with Crippen molar-refractivity contribution in [2.75, 3.05) is 0 Å². The van der Waals surface area contributed by atoms with Gasteiger partial charge in [0.25, 0.3) is 11.8 Å². The third-order valence-electron chi connectivity index (χ3n) is 4.29. The van der Waals surface area contributed by atoms with Crippen molar-refractivity contribution < 1.29 is 19.5 Å². The van der Waals surface area contributed by atoms with E-state index < -0.39 is 17.8 Å². The van der Waals surface area contributed by atoms with E-state index in [-0.39, 0.29) is 5.41 Å². The predicted octanol–water partition coefficient (Wildman–Crippen LogP) is 0.966. The van der Waals surface area contributed by atoms with Crippen LogP contribution in [-0.4, -0.2) is 17.8 Å². The molecule has 0 bridgehead atoms. The van der Waals surface area contributed by atoms with Crippen LogP contribution >= 0.6 is 11.3 Å². The summed E-state index contributed by atoms with van der Waals surface area (Å²) in [5, 5.41) is 12.0. The summed E-state index contributed by atoms with van der Waals surface area (Å²) in [5.41, 5.74) is 6.33. The molecule has 0 aliphatic heterocycles. The van der Waals surface area contributed by atoms with Crippen molar-refractivity contribution in [1.82, 2.24) is 10.9 Å². The Bertz CT molecular complexity index is 685. The Balaban J connectivity index is 1.99. The molecule has 2 rings (SSSR count). The molecule has 1 aromatic rings. The first kappa shape index (κ1) is 18.2. The van der Waals surface area contributed by atoms with Crippen LogP contribution < -0.4 is 16.0 Å². The molecule has 0 saturated carbocycles. The Kier molecular flexibility index (Phi) is 5.43. The number of carbonyl (C=O) groups excluding carboxylic acids is 3. The van der Waals surface area contributed by atoms with E-state index in [0.717, 1.165) is 30.9 Å². The van der Waals surface area contributed by atoms with E-state index in [1.54, 1.807) is 11.3 Å². The zero-order valence-electron chi connectivity index (χ0n) is 14.0. The maximum atomic E-state index is 12.2. The van der Waals surface area contributed by atoms with Gasteiger partial charge in [0.05, 0.1) is 11.5 Å². The molecule has 2 N–H and O–H groups in total. The second-order valence-corrected chi connectivity index (χ2v) is 7.92. The number of fused-ring (bicyclic) bond motifs is 1. The van der Waals surface area contributed by atoms with Crippen LogP contribution in [0.4, 0.5) is 0 Å². The standard InChI is InChI=1S/C17H22N2O4S/c1-17(2,3)10-4-5-11-12(9-24-13(11)8-10)16(23)19-18-14(20)6-7-15(21)22/h6-7,9-10H,4-5,8H2,1-3H3,(H,18,20)(H,19,23)(H,21,22)/p-1/b7-6+/t10-/m1/s1. The Morgan fingerprint density at radius 3 is 2.58 bits per heavy atom. The summed E-state index contributed by atoms with van der Waals surface area (Å²) in [7, 11) is 0. The van der Waals surface area contributed by atoms with Crippen LogP contribution in [0.25, 0.3) is 0 Å². The average molecular weight is 349 g/mol. The van der Waals surface area contributed by atoms with Crippen LogP contribution in [0.3, 0.4) is 0 Å². The van der Waals surface area contributed by atoms with Gasteiger partial charge in [-0.05, 0) is 42.2 Å². The quantitative estimate of drug-likeness (QED) is 0.627. The van der Waals surface area contributed by atoms with Gasteiger partial charge >= 0.3 is 0 Å². The first-order valence-corrected chi connectivity index (χ1v) is 8.65. The number of aliphatic carboxylic acids is 1. The molecule has 0 saturated heterocycles. The Morgan fingerprint density at radius 1 is 1.25 bits per heavy atom. The van der Waals surface area contributed by atoms with E-state index in [2.05, 4.69) is 31.6 Å². The SMILES string of the molecule is CC(C)(C)[C@@H]1CCc2c(C(=O)NNC(=O)/C=C/C(=O)[O-])csc2C1. The number of hydrogen-bond acceptors (Lipinski definition) is 5. The van der Waals surface area contributed by atoms with Crippen molar-refractivity contribution in [3.8, 4) is 0 Å². The van der Waals surface area contributed by atoms with Gasteiger partial charge in [-0.25, -0.2) is 0 Å². The first-order valence-electron chi connectivity index (χ1n) is 7.77. The molecule has 0 radical (unpaired) electrons. The topological polar surface area (TPSA) is 98.3 Å². The van der Waals surface area contributed by atoms with Crippen LogP contribution in [0.5, 0.6) is 0 Å². The highest BCUT2D eigenvalue weighted by Gasteiger charge is 2.31. The lowest BCUT2D eigenvalue weighted by Crippen LogP contribution is -2.41. The molecular weight excluding hydrogens is 328 g/mol. The fourth-order valence-electron chi connectivity index (χ4n) is 2.81. The van der Waals surface area contributed by atoms with Crippen LogP contribution in [0.1, 0.15) is 48.0 Å². The Morgan fingerprint density at radius 2 is 1.96 bits per heavy atom. The monoisotopic (exact) mass is 349 g/mol. The van der Waals surface area contributed by atoms with Crippen LogP contribution in [0.2, 0.25) is 0 Å². The Hall–Kier alpha value is -2.15. The summed E-state index contributed by atoms with van der Waals surface area (Å²) in [6.07, 6.45) is 4.24. The van der Waals surface area contributed by atoms with Gasteiger partial charge in [-0.1, -0.05) is 20.8 Å². The minimum atomic E-state index is -1.48. The number of carbonyl (C=O) groups is 3. The summed E-state index contributed by atoms with van der Waals surface area (Å²) in [6, 6.07) is 0. The number of carboxylic acid groups (broad SMARTS) is 1. The molecule has 0 fully saturated rings. The molecule has 130 valence electrons. The van der Waals surface area contributed by atoms with E-state index >= 15 is 0 Å². The van der Waals surface area contributed by atoms with E-state index in [9.17, 15) is 19.5 Å². The first-order chi connectivity index (χ1) is 11.2. The lowest BCUT2D eigenvalue weighted by atomic mass is 9.72. The van der Waals surface area contributed by atoms with Gasteiger partial charge < -0.3 is 9.90 Å². The van der Waals surface area contributed by atoms with Crippen molar-refractivity contribution in [3.05, 3.63) is 33.5 Å². The predicted molar refractivity (Wildman–Crippen MR) is 89.0 cm³/mol. The number of hydrazine groups is 1. The molecule has 0 aromatic carbocycles. The molecular formula is C17H21N2O4S-. The highest BCUT2D eigenvalue weighted by Crippen LogP contribution is 2.40. The van der Waals surface area contributed by atoms with Crippen LogP contribution in [0.15, 0.2) is 17.5 Å². The summed E-state index contributed by atoms with van der Waals surface area (Å²) in [6.45, 7) is 6.71. The fourth-order valence-corrected chi connectivity index (χ4v) is 3.97. The van der Waals surface area contributed by atoms with Gasteiger partial charge in [-0.15, -0.1) is 11.3 Å². The summed E-state index contributed by atoms with van der Waals surface area (Å²) >= 11 is 1.58. The molecule has 6 nitrogen and oxygen atoms in total. The lowest BCUT2D eigenvalue weighted by molar-refractivity contribution is -0.297. The smallest absolute Gasteiger partial charge is 0.270 e. The second kappa shape index (κ2) is 7.17. The van der Waals surface area contributed by atoms with Gasteiger partial charge in [0.2, 0.25) is 0 Å². The maximum Gasteiger partial charge on any atom is 0.270 e. The largest absolute Gasteiger partial charge is 0.545 e. The number of nitrogens with one attached hydrogen (secondary N) is 2. The third kappa shape index (κ3) is 4.44. The molecule has 1 atom stereocenters. The summed E-state index contributed by atoms with van der Waals surface area (Å²) in [4.78, 5) is 35.0. The minimum Gasteiger partial charge on any atom is -0.545 e. The highest BCUT2D eigenvalue weighted by atomic mass is 32.1. The van der Waals surface area contributed by atoms with Crippen molar-refractivity contribution in [3.63, 3.8) is 0 Å². The number of rotatable bonds is 3. The molecule has 7 heteroatoms. The molecule has 1 heterocycles. The van der Waals surface area contributed by atoms with E-state index in [1.807, 2.05) is 5.38 Å². The van der Waals surface area contributed by atoms with Gasteiger partial charge in [0.1, 0.15) is 0 Å². The summed E-state index contributed by atoms with van der Waals surface area (Å²) in [5.74, 6) is -2.01. The summed E-state index contributed by atoms with van der Waals surface area (Å²) < 4.78 is 0. The van der Waals surface area contributed by atoms with E-state index in [1.165, 1.54) is 4.88 Å². The Labute approximate surface area is 144 Å². The van der Waals surface area contributed by atoms with Gasteiger partial charge in [-0.3, -0.25) is 20.4 Å². The third-order valence-corrected chi connectivity index (χ3v) is 5.35. The number of hydrogen-bond donors (Lipinski definition) is 2. The zero-order valence-corrected chi connectivity index (χ0v) is 14.8. The van der Waals surface area contributed by atoms with Crippen molar-refractivity contribution in [2.24, 2.45) is 11.3 Å². The lowest BCUT2D eigenvalue weighted by Gasteiger charge is -2.34. The average Bonchev–Trinajstić information content (AvgIpc) is 2.92. The van der Waals surface area contributed by atoms with E-state index in [0.29, 0.717) is 17.6 Å². The molecule has 1 aliphatic carbocycles. The fraction of sp³-hybridized carbons (Fsp3) is 0.471. The van der Waals surface area contributed by atoms with Gasteiger partial charge in [0, 0.05) is 16.3 Å². The number of carboxylic acids is 1. The number of thiophene rings is 1. The molecule has 24 heavy (non-hydrogen) atoms. The van der Waals surface area contributed by atoms with Crippen molar-refractivity contribution >= 4 is 29.1 Å². The second-order valence-electron chi connectivity index (χ2n) is 6.95. The van der Waals surface area contributed by atoms with Crippen LogP contribution in [-0.2, 0) is 22.4 Å². The van der Waals surface area contributed by atoms with E-state index in [4.69, 9.17) is 0 Å². The molecule has 1 aliphatic rings. The van der Waals surface area contributed by atoms with Gasteiger partial charge in [-0.2, -0.15) is 0 Å². The van der Waals surface area contributed by atoms with Crippen molar-refractivity contribution in [1.29, 1.82) is 0 Å². The molecule has 0 unspecified atom stereocenters. The highest BCUT2D eigenvalue weighted by molar-refractivity contribution is 7.10. The molecule has 2 amide bonds. The van der Waals surface area contributed by atoms with Crippen molar-refractivity contribution in [2.45, 2.75) is 40.0 Å². The van der Waals surface area contributed by atoms with Crippen LogP contribution in [0, 0.1) is 11.3 Å². The van der Waals surface area contributed by atoms with Gasteiger partial charge in [0.15, 0.2) is 0 Å².